The van der Waals surface area contributed by atoms with Crippen molar-refractivity contribution in [3.05, 3.63) is 0 Å². The summed E-state index contributed by atoms with van der Waals surface area (Å²) in [6, 6.07) is 0.0968. The number of aliphatic hydroxyl groups excluding tert-OH is 1. The highest BCUT2D eigenvalue weighted by molar-refractivity contribution is 5.71. The van der Waals surface area contributed by atoms with E-state index in [4.69, 9.17) is 10.5 Å². The minimum atomic E-state index is -0.182. The van der Waals surface area contributed by atoms with E-state index in [0.29, 0.717) is 25.0 Å². The highest BCUT2D eigenvalue weighted by Crippen LogP contribution is 2.36. The van der Waals surface area contributed by atoms with Crippen molar-refractivity contribution in [3.63, 3.8) is 0 Å². The van der Waals surface area contributed by atoms with Gasteiger partial charge in [0.25, 0.3) is 0 Å². The van der Waals surface area contributed by atoms with Crippen molar-refractivity contribution in [1.82, 2.24) is 4.90 Å². The molecule has 3 N–H and O–H groups in total. The van der Waals surface area contributed by atoms with Crippen LogP contribution in [0, 0.1) is 11.8 Å². The lowest BCUT2D eigenvalue weighted by Crippen LogP contribution is -2.49. The summed E-state index contributed by atoms with van der Waals surface area (Å²) in [4.78, 5) is 13.6. The van der Waals surface area contributed by atoms with E-state index in [-0.39, 0.29) is 18.1 Å². The van der Waals surface area contributed by atoms with Crippen molar-refractivity contribution in [2.45, 2.75) is 44.8 Å². The summed E-state index contributed by atoms with van der Waals surface area (Å²) in [5.41, 5.74) is 6.06. The van der Waals surface area contributed by atoms with Crippen LogP contribution in [0.15, 0.2) is 0 Å². The minimum absolute atomic E-state index is 0.0968. The molecule has 1 aliphatic carbocycles. The first-order valence-electron chi connectivity index (χ1n) is 7.40. The second kappa shape index (κ2) is 6.68. The smallest absolute Gasteiger partial charge is 0.320 e. The van der Waals surface area contributed by atoms with Crippen molar-refractivity contribution < 1.29 is 14.6 Å². The Morgan fingerprint density at radius 1 is 1.47 bits per heavy atom. The fourth-order valence-electron chi connectivity index (χ4n) is 3.05. The first kappa shape index (κ1) is 14.8. The van der Waals surface area contributed by atoms with Gasteiger partial charge < -0.3 is 15.6 Å². The summed E-state index contributed by atoms with van der Waals surface area (Å²) in [5, 5.41) is 10.0. The largest absolute Gasteiger partial charge is 0.465 e. The van der Waals surface area contributed by atoms with Gasteiger partial charge in [0.2, 0.25) is 0 Å². The van der Waals surface area contributed by atoms with Gasteiger partial charge in [-0.15, -0.1) is 0 Å². The van der Waals surface area contributed by atoms with Crippen LogP contribution in [0.25, 0.3) is 0 Å². The van der Waals surface area contributed by atoms with E-state index in [1.54, 1.807) is 0 Å². The SMILES string of the molecule is CCOC(=O)CN1CC(N)CC(CC(O)C2CC2)C1. The van der Waals surface area contributed by atoms with Crippen LogP contribution in [-0.2, 0) is 9.53 Å². The lowest BCUT2D eigenvalue weighted by molar-refractivity contribution is -0.145. The van der Waals surface area contributed by atoms with Gasteiger partial charge in [0.15, 0.2) is 0 Å². The Kier molecular flexibility index (Phi) is 5.19. The molecule has 19 heavy (non-hydrogen) atoms. The van der Waals surface area contributed by atoms with Gasteiger partial charge in [-0.2, -0.15) is 0 Å². The molecule has 0 spiro atoms. The molecule has 0 aromatic rings. The van der Waals surface area contributed by atoms with Gasteiger partial charge in [0.05, 0.1) is 19.3 Å². The molecule has 1 heterocycles. The number of aliphatic hydroxyl groups is 1. The number of esters is 1. The van der Waals surface area contributed by atoms with Crippen molar-refractivity contribution in [3.8, 4) is 0 Å². The van der Waals surface area contributed by atoms with Crippen LogP contribution in [0.3, 0.4) is 0 Å². The number of rotatable bonds is 6. The summed E-state index contributed by atoms with van der Waals surface area (Å²) >= 11 is 0. The van der Waals surface area contributed by atoms with Gasteiger partial charge in [-0.25, -0.2) is 0 Å². The Balaban J connectivity index is 1.79. The molecule has 3 unspecified atom stereocenters. The third-order valence-electron chi connectivity index (χ3n) is 4.04. The molecule has 1 aliphatic heterocycles. The zero-order valence-corrected chi connectivity index (χ0v) is 11.8. The van der Waals surface area contributed by atoms with Crippen LogP contribution in [-0.4, -0.2) is 54.4 Å². The second-order valence-electron chi connectivity index (χ2n) is 6.00. The van der Waals surface area contributed by atoms with E-state index in [0.717, 1.165) is 38.8 Å². The summed E-state index contributed by atoms with van der Waals surface area (Å²) in [6.45, 7) is 4.14. The summed E-state index contributed by atoms with van der Waals surface area (Å²) in [7, 11) is 0. The van der Waals surface area contributed by atoms with Gasteiger partial charge in [0, 0.05) is 19.1 Å². The van der Waals surface area contributed by atoms with Gasteiger partial charge in [0.1, 0.15) is 0 Å². The molecular weight excluding hydrogens is 244 g/mol. The van der Waals surface area contributed by atoms with E-state index in [1.165, 1.54) is 0 Å². The standard InChI is InChI=1S/C14H26N2O3/c1-2-19-14(18)9-16-7-10(5-12(15)8-16)6-13(17)11-3-4-11/h10-13,17H,2-9,15H2,1H3. The predicted molar refractivity (Wildman–Crippen MR) is 72.5 cm³/mol. The number of likely N-dealkylation sites (tertiary alicyclic amines) is 1. The fraction of sp³-hybridized carbons (Fsp3) is 0.929. The van der Waals surface area contributed by atoms with Crippen LogP contribution in [0.2, 0.25) is 0 Å². The molecule has 0 aromatic heterocycles. The van der Waals surface area contributed by atoms with Crippen molar-refractivity contribution in [1.29, 1.82) is 0 Å². The predicted octanol–water partition coefficient (Wildman–Crippen LogP) is 0.360. The molecule has 5 nitrogen and oxygen atoms in total. The monoisotopic (exact) mass is 270 g/mol. The highest BCUT2D eigenvalue weighted by atomic mass is 16.5. The number of ether oxygens (including phenoxy) is 1. The number of piperidine rings is 1. The number of carbonyl (C=O) groups is 1. The number of nitrogens with zero attached hydrogens (tertiary/aromatic N) is 1. The van der Waals surface area contributed by atoms with Crippen LogP contribution < -0.4 is 5.73 Å². The normalized spacial score (nSPS) is 30.1. The molecule has 0 bridgehead atoms. The molecule has 110 valence electrons. The third-order valence-corrected chi connectivity index (χ3v) is 4.04. The molecule has 2 aliphatic rings. The average Bonchev–Trinajstić information content (AvgIpc) is 3.11. The van der Waals surface area contributed by atoms with Crippen molar-refractivity contribution in [2.24, 2.45) is 17.6 Å². The number of carbonyl (C=O) groups excluding carboxylic acids is 1. The minimum Gasteiger partial charge on any atom is -0.465 e. The van der Waals surface area contributed by atoms with E-state index < -0.39 is 0 Å². The first-order chi connectivity index (χ1) is 9.08. The Bertz CT molecular complexity index is 307. The van der Waals surface area contributed by atoms with Gasteiger partial charge in [-0.3, -0.25) is 9.69 Å². The zero-order valence-electron chi connectivity index (χ0n) is 11.8. The second-order valence-corrected chi connectivity index (χ2v) is 6.00. The maximum atomic E-state index is 11.5. The third kappa shape index (κ3) is 4.75. The Morgan fingerprint density at radius 3 is 2.84 bits per heavy atom. The van der Waals surface area contributed by atoms with Gasteiger partial charge >= 0.3 is 5.97 Å². The van der Waals surface area contributed by atoms with Crippen molar-refractivity contribution in [2.75, 3.05) is 26.2 Å². The Labute approximate surface area is 115 Å². The van der Waals surface area contributed by atoms with Gasteiger partial charge in [-0.1, -0.05) is 0 Å². The van der Waals surface area contributed by atoms with Crippen molar-refractivity contribution >= 4 is 5.97 Å². The molecule has 1 saturated heterocycles. The van der Waals surface area contributed by atoms with E-state index >= 15 is 0 Å². The van der Waals surface area contributed by atoms with E-state index in [9.17, 15) is 9.90 Å². The number of hydrogen-bond acceptors (Lipinski definition) is 5. The Hall–Kier alpha value is -0.650. The topological polar surface area (TPSA) is 75.8 Å². The van der Waals surface area contributed by atoms with E-state index in [2.05, 4.69) is 4.90 Å². The molecule has 1 saturated carbocycles. The van der Waals surface area contributed by atoms with Crippen LogP contribution in [0.4, 0.5) is 0 Å². The zero-order chi connectivity index (χ0) is 13.8. The maximum absolute atomic E-state index is 11.5. The molecule has 0 amide bonds. The quantitative estimate of drug-likeness (QED) is 0.682. The lowest BCUT2D eigenvalue weighted by Gasteiger charge is -2.36. The summed E-state index contributed by atoms with van der Waals surface area (Å²) in [5.74, 6) is 0.725. The van der Waals surface area contributed by atoms with Gasteiger partial charge in [-0.05, 0) is 44.4 Å². The highest BCUT2D eigenvalue weighted by Gasteiger charge is 2.34. The molecular formula is C14H26N2O3. The van der Waals surface area contributed by atoms with E-state index in [1.807, 2.05) is 6.92 Å². The summed E-state index contributed by atoms with van der Waals surface area (Å²) in [6.07, 6.45) is 3.90. The molecule has 2 rings (SSSR count). The average molecular weight is 270 g/mol. The molecule has 5 heteroatoms. The summed E-state index contributed by atoms with van der Waals surface area (Å²) < 4.78 is 4.97. The van der Waals surface area contributed by atoms with Crippen LogP contribution in [0.5, 0.6) is 0 Å². The number of hydrogen-bond donors (Lipinski definition) is 2. The molecule has 3 atom stereocenters. The number of nitrogens with two attached hydrogens (primary N) is 1. The molecule has 0 radical (unpaired) electrons. The fourth-order valence-corrected chi connectivity index (χ4v) is 3.05. The first-order valence-corrected chi connectivity index (χ1v) is 7.40. The maximum Gasteiger partial charge on any atom is 0.320 e. The molecule has 0 aromatic carbocycles. The van der Waals surface area contributed by atoms with Crippen LogP contribution >= 0.6 is 0 Å². The van der Waals surface area contributed by atoms with Crippen LogP contribution in [0.1, 0.15) is 32.6 Å². The molecule has 2 fully saturated rings. The Morgan fingerprint density at radius 2 is 2.21 bits per heavy atom. The lowest BCUT2D eigenvalue weighted by atomic mass is 9.89.